The SMILES string of the molecule is O=C1NC(=Nc2ccccc2Cl)NC1=Cc1ccc(Cl)cc1Cl. The summed E-state index contributed by atoms with van der Waals surface area (Å²) in [5.41, 5.74) is 1.57. The lowest BCUT2D eigenvalue weighted by molar-refractivity contribution is -0.115. The fraction of sp³-hybridized carbons (Fsp3) is 0. The molecule has 0 bridgehead atoms. The second-order valence-corrected chi connectivity index (χ2v) is 5.97. The molecule has 1 aliphatic rings. The number of rotatable bonds is 2. The number of hydrogen-bond acceptors (Lipinski definition) is 2. The summed E-state index contributed by atoms with van der Waals surface area (Å²) in [5.74, 6) is 0.00116. The van der Waals surface area contributed by atoms with Gasteiger partial charge in [0.2, 0.25) is 5.96 Å². The molecule has 0 unspecified atom stereocenters. The maximum atomic E-state index is 12.0. The molecule has 0 aromatic heterocycles. The zero-order valence-electron chi connectivity index (χ0n) is 11.6. The second-order valence-electron chi connectivity index (χ2n) is 4.71. The summed E-state index contributed by atoms with van der Waals surface area (Å²) in [6.07, 6.45) is 1.63. The van der Waals surface area contributed by atoms with Crippen LogP contribution in [0.3, 0.4) is 0 Å². The predicted molar refractivity (Wildman–Crippen MR) is 94.3 cm³/mol. The van der Waals surface area contributed by atoms with E-state index >= 15 is 0 Å². The van der Waals surface area contributed by atoms with Gasteiger partial charge in [-0.1, -0.05) is 53.0 Å². The average molecular weight is 367 g/mol. The molecular weight excluding hydrogens is 357 g/mol. The molecule has 1 amide bonds. The van der Waals surface area contributed by atoms with Crippen LogP contribution in [0.15, 0.2) is 53.2 Å². The molecule has 23 heavy (non-hydrogen) atoms. The zero-order chi connectivity index (χ0) is 16.4. The molecule has 4 nitrogen and oxygen atoms in total. The lowest BCUT2D eigenvalue weighted by Crippen LogP contribution is -2.24. The van der Waals surface area contributed by atoms with Crippen molar-refractivity contribution in [3.05, 3.63) is 68.8 Å². The van der Waals surface area contributed by atoms with Gasteiger partial charge in [0.1, 0.15) is 5.70 Å². The maximum absolute atomic E-state index is 12.0. The number of nitrogens with zero attached hydrogens (tertiary/aromatic N) is 1. The number of guanidine groups is 1. The standard InChI is InChI=1S/C16H10Cl3N3O/c17-10-6-5-9(12(19)8-10)7-14-15(23)22-16(21-14)20-13-4-2-1-3-11(13)18/h1-8H,(H2,20,21,22,23). The Morgan fingerprint density at radius 3 is 2.48 bits per heavy atom. The number of hydrogen-bond donors (Lipinski definition) is 2. The lowest BCUT2D eigenvalue weighted by Gasteiger charge is -2.01. The number of para-hydroxylation sites is 1. The monoisotopic (exact) mass is 365 g/mol. The molecule has 1 fully saturated rings. The molecule has 0 radical (unpaired) electrons. The van der Waals surface area contributed by atoms with Gasteiger partial charge in [-0.05, 0) is 35.9 Å². The van der Waals surface area contributed by atoms with E-state index in [-0.39, 0.29) is 5.91 Å². The van der Waals surface area contributed by atoms with Crippen molar-refractivity contribution in [2.75, 3.05) is 0 Å². The first-order valence-electron chi connectivity index (χ1n) is 6.61. The van der Waals surface area contributed by atoms with Crippen LogP contribution < -0.4 is 10.6 Å². The number of carbonyl (C=O) groups excluding carboxylic acids is 1. The largest absolute Gasteiger partial charge is 0.321 e. The number of carbonyl (C=O) groups is 1. The molecule has 1 heterocycles. The smallest absolute Gasteiger partial charge is 0.274 e. The molecule has 0 aliphatic carbocycles. The van der Waals surface area contributed by atoms with Gasteiger partial charge in [0.25, 0.3) is 5.91 Å². The van der Waals surface area contributed by atoms with Gasteiger partial charge < -0.3 is 5.32 Å². The molecule has 2 N–H and O–H groups in total. The number of benzene rings is 2. The highest BCUT2D eigenvalue weighted by Crippen LogP contribution is 2.25. The Morgan fingerprint density at radius 1 is 0.957 bits per heavy atom. The first kappa shape index (κ1) is 15.9. The van der Waals surface area contributed by atoms with E-state index in [1.54, 1.807) is 42.5 Å². The normalized spacial score (nSPS) is 17.4. The molecule has 2 aromatic rings. The van der Waals surface area contributed by atoms with Gasteiger partial charge in [-0.25, -0.2) is 4.99 Å². The summed E-state index contributed by atoms with van der Waals surface area (Å²) in [7, 11) is 0. The van der Waals surface area contributed by atoms with Crippen LogP contribution in [-0.4, -0.2) is 11.9 Å². The van der Waals surface area contributed by atoms with E-state index < -0.39 is 0 Å². The second kappa shape index (κ2) is 6.62. The number of halogens is 3. The third-order valence-electron chi connectivity index (χ3n) is 3.08. The van der Waals surface area contributed by atoms with Gasteiger partial charge in [0.15, 0.2) is 0 Å². The van der Waals surface area contributed by atoms with E-state index in [1.807, 2.05) is 6.07 Å². The lowest BCUT2D eigenvalue weighted by atomic mass is 10.2. The molecule has 0 spiro atoms. The Bertz CT molecular complexity index is 846. The Labute approximate surface area is 147 Å². The minimum atomic E-state index is -0.304. The summed E-state index contributed by atoms with van der Waals surface area (Å²) < 4.78 is 0. The molecule has 2 aromatic carbocycles. The van der Waals surface area contributed by atoms with E-state index in [2.05, 4.69) is 15.6 Å². The molecule has 1 saturated heterocycles. The summed E-state index contributed by atoms with van der Waals surface area (Å²) in [5, 5.41) is 7.02. The van der Waals surface area contributed by atoms with Crippen LogP contribution in [0.1, 0.15) is 5.56 Å². The topological polar surface area (TPSA) is 53.5 Å². The van der Waals surface area contributed by atoms with Gasteiger partial charge in [0, 0.05) is 10.0 Å². The third kappa shape index (κ3) is 3.67. The Kier molecular flexibility index (Phi) is 4.57. The van der Waals surface area contributed by atoms with E-state index in [0.29, 0.717) is 38.0 Å². The van der Waals surface area contributed by atoms with Gasteiger partial charge in [-0.2, -0.15) is 0 Å². The molecular formula is C16H10Cl3N3O. The van der Waals surface area contributed by atoms with Crippen molar-refractivity contribution in [1.82, 2.24) is 10.6 Å². The quantitative estimate of drug-likeness (QED) is 0.774. The molecule has 3 rings (SSSR count). The van der Waals surface area contributed by atoms with Crippen LogP contribution in [0.4, 0.5) is 5.69 Å². The molecule has 0 atom stereocenters. The van der Waals surface area contributed by atoms with E-state index in [1.165, 1.54) is 0 Å². The number of amides is 1. The fourth-order valence-corrected chi connectivity index (χ4v) is 2.63. The average Bonchev–Trinajstić information content (AvgIpc) is 2.84. The highest BCUT2D eigenvalue weighted by molar-refractivity contribution is 6.35. The van der Waals surface area contributed by atoms with E-state index in [9.17, 15) is 4.79 Å². The van der Waals surface area contributed by atoms with Crippen molar-refractivity contribution in [2.24, 2.45) is 4.99 Å². The summed E-state index contributed by atoms with van der Waals surface area (Å²) in [6.45, 7) is 0. The van der Waals surface area contributed by atoms with Gasteiger partial charge in [0.05, 0.1) is 10.7 Å². The van der Waals surface area contributed by atoms with Crippen LogP contribution in [0.5, 0.6) is 0 Å². The van der Waals surface area contributed by atoms with Crippen LogP contribution in [0.2, 0.25) is 15.1 Å². The Hall–Kier alpha value is -2.01. The van der Waals surface area contributed by atoms with Gasteiger partial charge in [-0.15, -0.1) is 0 Å². The number of aliphatic imine (C=N–C) groups is 1. The van der Waals surface area contributed by atoms with Crippen LogP contribution >= 0.6 is 34.8 Å². The number of nitrogens with one attached hydrogen (secondary N) is 2. The van der Waals surface area contributed by atoms with Gasteiger partial charge in [-0.3, -0.25) is 10.1 Å². The van der Waals surface area contributed by atoms with Crippen LogP contribution in [-0.2, 0) is 4.79 Å². The zero-order valence-corrected chi connectivity index (χ0v) is 13.9. The van der Waals surface area contributed by atoms with Crippen LogP contribution in [0, 0.1) is 0 Å². The van der Waals surface area contributed by atoms with E-state index in [0.717, 1.165) is 0 Å². The van der Waals surface area contributed by atoms with Crippen molar-refractivity contribution >= 4 is 58.4 Å². The van der Waals surface area contributed by atoms with Gasteiger partial charge >= 0.3 is 0 Å². The molecule has 1 aliphatic heterocycles. The first-order chi connectivity index (χ1) is 11.0. The minimum absolute atomic E-state index is 0.304. The molecule has 116 valence electrons. The Morgan fingerprint density at radius 2 is 1.74 bits per heavy atom. The first-order valence-corrected chi connectivity index (χ1v) is 7.74. The van der Waals surface area contributed by atoms with Crippen molar-refractivity contribution in [3.8, 4) is 0 Å². The Balaban J connectivity index is 1.88. The summed E-state index contributed by atoms with van der Waals surface area (Å²) in [4.78, 5) is 16.3. The van der Waals surface area contributed by atoms with Crippen LogP contribution in [0.25, 0.3) is 6.08 Å². The van der Waals surface area contributed by atoms with Crippen molar-refractivity contribution < 1.29 is 4.79 Å². The third-order valence-corrected chi connectivity index (χ3v) is 3.96. The highest BCUT2D eigenvalue weighted by Gasteiger charge is 2.22. The summed E-state index contributed by atoms with van der Waals surface area (Å²) in [6, 6.07) is 12.1. The molecule has 0 saturated carbocycles. The summed E-state index contributed by atoms with van der Waals surface area (Å²) >= 11 is 18.0. The fourth-order valence-electron chi connectivity index (χ4n) is 1.98. The predicted octanol–water partition coefficient (Wildman–Crippen LogP) is 4.39. The van der Waals surface area contributed by atoms with E-state index in [4.69, 9.17) is 34.8 Å². The maximum Gasteiger partial charge on any atom is 0.274 e. The molecule has 7 heteroatoms. The minimum Gasteiger partial charge on any atom is -0.321 e. The highest BCUT2D eigenvalue weighted by atomic mass is 35.5. The van der Waals surface area contributed by atoms with Crippen molar-refractivity contribution in [3.63, 3.8) is 0 Å². The van der Waals surface area contributed by atoms with Crippen molar-refractivity contribution in [1.29, 1.82) is 0 Å². The van der Waals surface area contributed by atoms with Crippen molar-refractivity contribution in [2.45, 2.75) is 0 Å².